The lowest BCUT2D eigenvalue weighted by Gasteiger charge is -2.33. The number of hydrogen-bond donors (Lipinski definition) is 0. The number of likely N-dealkylation sites (tertiary alicyclic amines) is 2. The zero-order valence-corrected chi connectivity index (χ0v) is 13.3. The molecular formula is C18H25FN2O. The molecule has 3 nitrogen and oxygen atoms in total. The maximum Gasteiger partial charge on any atom is 0.236 e. The van der Waals surface area contributed by atoms with Crippen LogP contribution in [0.15, 0.2) is 24.3 Å². The van der Waals surface area contributed by atoms with E-state index in [1.165, 1.54) is 18.6 Å². The Bertz CT molecular complexity index is 516. The molecule has 2 atom stereocenters. The van der Waals surface area contributed by atoms with Crippen molar-refractivity contribution < 1.29 is 9.18 Å². The Hall–Kier alpha value is -1.42. The van der Waals surface area contributed by atoms with E-state index in [-0.39, 0.29) is 17.8 Å². The molecule has 0 unspecified atom stereocenters. The van der Waals surface area contributed by atoms with E-state index in [0.717, 1.165) is 44.5 Å². The summed E-state index contributed by atoms with van der Waals surface area (Å²) in [6.45, 7) is 5.47. The molecule has 0 N–H and O–H groups in total. The Morgan fingerprint density at radius 3 is 2.64 bits per heavy atom. The van der Waals surface area contributed by atoms with Crippen molar-refractivity contribution in [3.05, 3.63) is 35.6 Å². The van der Waals surface area contributed by atoms with Crippen molar-refractivity contribution >= 4 is 5.91 Å². The van der Waals surface area contributed by atoms with E-state index in [0.29, 0.717) is 12.5 Å². The minimum absolute atomic E-state index is 0.202. The highest BCUT2D eigenvalue weighted by atomic mass is 19.1. The number of halogens is 1. The third-order valence-electron chi connectivity index (χ3n) is 4.97. The fraction of sp³-hybridized carbons (Fsp3) is 0.611. The molecule has 0 spiro atoms. The van der Waals surface area contributed by atoms with Gasteiger partial charge in [-0.1, -0.05) is 19.1 Å². The van der Waals surface area contributed by atoms with Gasteiger partial charge in [-0.3, -0.25) is 9.69 Å². The van der Waals surface area contributed by atoms with Crippen LogP contribution in [0.2, 0.25) is 0 Å². The van der Waals surface area contributed by atoms with Gasteiger partial charge in [0.2, 0.25) is 5.91 Å². The summed E-state index contributed by atoms with van der Waals surface area (Å²) in [5, 5.41) is 0. The molecule has 22 heavy (non-hydrogen) atoms. The third-order valence-corrected chi connectivity index (χ3v) is 4.97. The molecule has 120 valence electrons. The van der Waals surface area contributed by atoms with E-state index in [1.54, 1.807) is 0 Å². The van der Waals surface area contributed by atoms with Crippen LogP contribution in [0.1, 0.15) is 44.2 Å². The number of rotatable bonds is 3. The van der Waals surface area contributed by atoms with Gasteiger partial charge in [-0.2, -0.15) is 0 Å². The van der Waals surface area contributed by atoms with E-state index in [9.17, 15) is 9.18 Å². The molecule has 0 radical (unpaired) electrons. The summed E-state index contributed by atoms with van der Waals surface area (Å²) in [7, 11) is 0. The highest BCUT2D eigenvalue weighted by Crippen LogP contribution is 2.32. The predicted octanol–water partition coefficient (Wildman–Crippen LogP) is 3.22. The third kappa shape index (κ3) is 3.49. The van der Waals surface area contributed by atoms with Crippen molar-refractivity contribution in [2.75, 3.05) is 26.2 Å². The first-order valence-electron chi connectivity index (χ1n) is 8.41. The van der Waals surface area contributed by atoms with Crippen molar-refractivity contribution in [1.29, 1.82) is 0 Å². The van der Waals surface area contributed by atoms with Gasteiger partial charge in [0.05, 0.1) is 6.54 Å². The summed E-state index contributed by atoms with van der Waals surface area (Å²) in [6, 6.07) is 6.99. The molecule has 3 rings (SSSR count). The lowest BCUT2D eigenvalue weighted by Crippen LogP contribution is -2.44. The SMILES string of the molecule is C[C@@H]1CCCN(C(=O)CN2CCC[C@H]2c2ccc(F)cc2)C1. The molecule has 0 bridgehead atoms. The van der Waals surface area contributed by atoms with Gasteiger partial charge in [0.1, 0.15) is 5.82 Å². The van der Waals surface area contributed by atoms with Gasteiger partial charge < -0.3 is 4.90 Å². The summed E-state index contributed by atoms with van der Waals surface area (Å²) >= 11 is 0. The molecule has 2 heterocycles. The number of amides is 1. The molecule has 1 aromatic rings. The highest BCUT2D eigenvalue weighted by Gasteiger charge is 2.30. The maximum absolute atomic E-state index is 13.1. The minimum atomic E-state index is -0.202. The van der Waals surface area contributed by atoms with Crippen molar-refractivity contribution in [1.82, 2.24) is 9.80 Å². The van der Waals surface area contributed by atoms with Crippen LogP contribution in [0.5, 0.6) is 0 Å². The Balaban J connectivity index is 1.63. The van der Waals surface area contributed by atoms with Crippen LogP contribution in [0, 0.1) is 11.7 Å². The average Bonchev–Trinajstić information content (AvgIpc) is 2.96. The van der Waals surface area contributed by atoms with Crippen LogP contribution in [-0.2, 0) is 4.79 Å². The molecule has 2 fully saturated rings. The molecule has 2 aliphatic heterocycles. The second kappa shape index (κ2) is 6.78. The van der Waals surface area contributed by atoms with E-state index >= 15 is 0 Å². The number of carbonyl (C=O) groups is 1. The first kappa shape index (κ1) is 15.5. The number of nitrogens with zero attached hydrogens (tertiary/aromatic N) is 2. The van der Waals surface area contributed by atoms with Gasteiger partial charge in [0.25, 0.3) is 0 Å². The van der Waals surface area contributed by atoms with E-state index in [1.807, 2.05) is 17.0 Å². The Morgan fingerprint density at radius 2 is 1.91 bits per heavy atom. The van der Waals surface area contributed by atoms with Crippen molar-refractivity contribution in [2.24, 2.45) is 5.92 Å². The van der Waals surface area contributed by atoms with Crippen LogP contribution in [0.3, 0.4) is 0 Å². The summed E-state index contributed by atoms with van der Waals surface area (Å²) < 4.78 is 13.1. The molecule has 2 saturated heterocycles. The zero-order valence-electron chi connectivity index (χ0n) is 13.3. The minimum Gasteiger partial charge on any atom is -0.341 e. The Morgan fingerprint density at radius 1 is 1.18 bits per heavy atom. The molecule has 4 heteroatoms. The second-order valence-corrected chi connectivity index (χ2v) is 6.77. The van der Waals surface area contributed by atoms with Crippen LogP contribution in [0.25, 0.3) is 0 Å². The quantitative estimate of drug-likeness (QED) is 0.856. The number of benzene rings is 1. The zero-order chi connectivity index (χ0) is 15.5. The first-order valence-corrected chi connectivity index (χ1v) is 8.41. The van der Waals surface area contributed by atoms with E-state index in [2.05, 4.69) is 11.8 Å². The molecule has 0 saturated carbocycles. The van der Waals surface area contributed by atoms with Gasteiger partial charge in [-0.25, -0.2) is 4.39 Å². The van der Waals surface area contributed by atoms with Crippen molar-refractivity contribution in [3.8, 4) is 0 Å². The van der Waals surface area contributed by atoms with Crippen LogP contribution in [0.4, 0.5) is 4.39 Å². The Kier molecular flexibility index (Phi) is 4.77. The van der Waals surface area contributed by atoms with Crippen LogP contribution < -0.4 is 0 Å². The lowest BCUT2D eigenvalue weighted by atomic mass is 10.0. The predicted molar refractivity (Wildman–Crippen MR) is 84.9 cm³/mol. The molecule has 0 aromatic heterocycles. The monoisotopic (exact) mass is 304 g/mol. The van der Waals surface area contributed by atoms with Crippen molar-refractivity contribution in [2.45, 2.75) is 38.6 Å². The Labute approximate surface area is 132 Å². The number of hydrogen-bond acceptors (Lipinski definition) is 2. The number of carbonyl (C=O) groups excluding carboxylic acids is 1. The van der Waals surface area contributed by atoms with Gasteiger partial charge >= 0.3 is 0 Å². The van der Waals surface area contributed by atoms with E-state index in [4.69, 9.17) is 0 Å². The molecular weight excluding hydrogens is 279 g/mol. The standard InChI is InChI=1S/C18H25FN2O/c1-14-4-2-11-21(12-14)18(22)13-20-10-3-5-17(20)15-6-8-16(19)9-7-15/h6-9,14,17H,2-5,10-13H2,1H3/t14-,17+/m1/s1. The first-order chi connectivity index (χ1) is 10.6. The summed E-state index contributed by atoms with van der Waals surface area (Å²) in [5.41, 5.74) is 1.12. The van der Waals surface area contributed by atoms with Crippen molar-refractivity contribution in [3.63, 3.8) is 0 Å². The number of piperidine rings is 1. The maximum atomic E-state index is 13.1. The lowest BCUT2D eigenvalue weighted by molar-refractivity contribution is -0.134. The average molecular weight is 304 g/mol. The molecule has 1 aromatic carbocycles. The second-order valence-electron chi connectivity index (χ2n) is 6.77. The van der Waals surface area contributed by atoms with Gasteiger partial charge in [0.15, 0.2) is 0 Å². The molecule has 0 aliphatic carbocycles. The van der Waals surface area contributed by atoms with Gasteiger partial charge in [-0.15, -0.1) is 0 Å². The highest BCUT2D eigenvalue weighted by molar-refractivity contribution is 5.78. The topological polar surface area (TPSA) is 23.6 Å². The summed E-state index contributed by atoms with van der Waals surface area (Å²) in [5.74, 6) is 0.663. The fourth-order valence-corrected chi connectivity index (χ4v) is 3.77. The largest absolute Gasteiger partial charge is 0.341 e. The van der Waals surface area contributed by atoms with Crippen LogP contribution >= 0.6 is 0 Å². The normalized spacial score (nSPS) is 26.4. The van der Waals surface area contributed by atoms with Gasteiger partial charge in [0, 0.05) is 19.1 Å². The smallest absolute Gasteiger partial charge is 0.236 e. The summed E-state index contributed by atoms with van der Waals surface area (Å²) in [6.07, 6.45) is 4.50. The van der Waals surface area contributed by atoms with Gasteiger partial charge in [-0.05, 0) is 55.8 Å². The van der Waals surface area contributed by atoms with E-state index < -0.39 is 0 Å². The fourth-order valence-electron chi connectivity index (χ4n) is 3.77. The molecule has 1 amide bonds. The van der Waals surface area contributed by atoms with Crippen LogP contribution in [-0.4, -0.2) is 41.9 Å². The summed E-state index contributed by atoms with van der Waals surface area (Å²) in [4.78, 5) is 16.8. The molecule has 2 aliphatic rings.